The number of nitrogens with two attached hydrogens (primary N) is 1. The summed E-state index contributed by atoms with van der Waals surface area (Å²) in [5.74, 6) is 2.43. The minimum atomic E-state index is 0.511. The van der Waals surface area contributed by atoms with Crippen LogP contribution in [0.4, 0.5) is 11.5 Å². The highest BCUT2D eigenvalue weighted by Crippen LogP contribution is 2.31. The second-order valence-electron chi connectivity index (χ2n) is 5.20. The predicted molar refractivity (Wildman–Crippen MR) is 75.9 cm³/mol. The number of nitrogen functional groups attached to an aromatic ring is 1. The number of nitrogens with one attached hydrogen (secondary N) is 1. The molecule has 2 rings (SSSR count). The molecule has 1 aromatic rings. The second-order valence-corrected chi connectivity index (χ2v) is 6.12. The number of halogens is 1. The van der Waals surface area contributed by atoms with E-state index in [4.69, 9.17) is 5.73 Å². The molecule has 4 heteroatoms. The Hall–Kier alpha value is -0.770. The van der Waals surface area contributed by atoms with Crippen LogP contribution in [-0.4, -0.2) is 11.0 Å². The van der Waals surface area contributed by atoms with Gasteiger partial charge in [0, 0.05) is 16.7 Å². The Balaban J connectivity index is 2.01. The van der Waals surface area contributed by atoms with Gasteiger partial charge in [0.15, 0.2) is 0 Å². The average Bonchev–Trinajstić information content (AvgIpc) is 2.27. The molecule has 0 aliphatic heterocycles. The lowest BCUT2D eigenvalue weighted by molar-refractivity contribution is 0.260. The van der Waals surface area contributed by atoms with Gasteiger partial charge >= 0.3 is 0 Å². The number of pyridine rings is 1. The van der Waals surface area contributed by atoms with Gasteiger partial charge in [-0.15, -0.1) is 0 Å². The molecule has 1 saturated carbocycles. The maximum atomic E-state index is 5.95. The van der Waals surface area contributed by atoms with Crippen LogP contribution in [0.3, 0.4) is 0 Å². The highest BCUT2D eigenvalue weighted by molar-refractivity contribution is 9.10. The Morgan fingerprint density at radius 3 is 2.76 bits per heavy atom. The highest BCUT2D eigenvalue weighted by Gasteiger charge is 2.24. The molecule has 1 aromatic heterocycles. The SMILES string of the molecule is CC1CCC(Nc2ncc(Br)cc2N)CC1C. The van der Waals surface area contributed by atoms with Gasteiger partial charge in [-0.1, -0.05) is 13.8 Å². The minimum absolute atomic E-state index is 0.511. The zero-order valence-electron chi connectivity index (χ0n) is 10.4. The molecule has 1 aliphatic carbocycles. The molecule has 94 valence electrons. The van der Waals surface area contributed by atoms with E-state index >= 15 is 0 Å². The normalized spacial score (nSPS) is 29.0. The Bertz CT molecular complexity index is 394. The van der Waals surface area contributed by atoms with Crippen molar-refractivity contribution >= 4 is 27.4 Å². The van der Waals surface area contributed by atoms with Crippen molar-refractivity contribution in [1.29, 1.82) is 0 Å². The van der Waals surface area contributed by atoms with Crippen LogP contribution in [0.2, 0.25) is 0 Å². The van der Waals surface area contributed by atoms with Crippen LogP contribution in [0.5, 0.6) is 0 Å². The summed E-state index contributed by atoms with van der Waals surface area (Å²) >= 11 is 3.37. The summed E-state index contributed by atoms with van der Waals surface area (Å²) in [6.07, 6.45) is 5.49. The van der Waals surface area contributed by atoms with E-state index in [-0.39, 0.29) is 0 Å². The summed E-state index contributed by atoms with van der Waals surface area (Å²) in [6.45, 7) is 4.67. The number of hydrogen-bond acceptors (Lipinski definition) is 3. The molecule has 0 amide bonds. The third-order valence-electron chi connectivity index (χ3n) is 3.82. The number of hydrogen-bond donors (Lipinski definition) is 2. The quantitative estimate of drug-likeness (QED) is 0.876. The largest absolute Gasteiger partial charge is 0.396 e. The van der Waals surface area contributed by atoms with Gasteiger partial charge in [0.2, 0.25) is 0 Å². The third-order valence-corrected chi connectivity index (χ3v) is 4.26. The number of anilines is 2. The number of rotatable bonds is 2. The first-order valence-electron chi connectivity index (χ1n) is 6.24. The molecule has 1 fully saturated rings. The van der Waals surface area contributed by atoms with Crippen molar-refractivity contribution in [3.05, 3.63) is 16.7 Å². The lowest BCUT2D eigenvalue weighted by atomic mass is 9.79. The Labute approximate surface area is 111 Å². The smallest absolute Gasteiger partial charge is 0.149 e. The highest BCUT2D eigenvalue weighted by atomic mass is 79.9. The summed E-state index contributed by atoms with van der Waals surface area (Å²) in [7, 11) is 0. The molecule has 0 radical (unpaired) electrons. The molecule has 1 heterocycles. The monoisotopic (exact) mass is 297 g/mol. The molecule has 3 N–H and O–H groups in total. The Kier molecular flexibility index (Phi) is 3.92. The van der Waals surface area contributed by atoms with Gasteiger partial charge < -0.3 is 11.1 Å². The van der Waals surface area contributed by atoms with E-state index < -0.39 is 0 Å². The van der Waals surface area contributed by atoms with Gasteiger partial charge in [0.05, 0.1) is 5.69 Å². The molecule has 17 heavy (non-hydrogen) atoms. The molecular weight excluding hydrogens is 278 g/mol. The average molecular weight is 298 g/mol. The van der Waals surface area contributed by atoms with E-state index in [1.807, 2.05) is 6.07 Å². The zero-order chi connectivity index (χ0) is 12.4. The summed E-state index contributed by atoms with van der Waals surface area (Å²) < 4.78 is 0.922. The zero-order valence-corrected chi connectivity index (χ0v) is 12.0. The van der Waals surface area contributed by atoms with Gasteiger partial charge in [0.25, 0.3) is 0 Å². The first-order chi connectivity index (χ1) is 8.06. The van der Waals surface area contributed by atoms with Crippen molar-refractivity contribution in [1.82, 2.24) is 4.98 Å². The molecule has 1 aliphatic rings. The van der Waals surface area contributed by atoms with Crippen molar-refractivity contribution in [2.45, 2.75) is 39.2 Å². The van der Waals surface area contributed by atoms with E-state index in [2.05, 4.69) is 40.1 Å². The maximum Gasteiger partial charge on any atom is 0.149 e. The van der Waals surface area contributed by atoms with Gasteiger partial charge in [-0.25, -0.2) is 4.98 Å². The van der Waals surface area contributed by atoms with Crippen LogP contribution in [-0.2, 0) is 0 Å². The van der Waals surface area contributed by atoms with Gasteiger partial charge in [-0.3, -0.25) is 0 Å². The van der Waals surface area contributed by atoms with Crippen LogP contribution < -0.4 is 11.1 Å². The molecule has 0 spiro atoms. The number of nitrogens with zero attached hydrogens (tertiary/aromatic N) is 1. The summed E-state index contributed by atoms with van der Waals surface area (Å²) in [5, 5.41) is 3.47. The molecular formula is C13H20BrN3. The van der Waals surface area contributed by atoms with Gasteiger partial charge in [-0.05, 0) is 53.1 Å². The van der Waals surface area contributed by atoms with Crippen LogP contribution >= 0.6 is 15.9 Å². The van der Waals surface area contributed by atoms with Crippen molar-refractivity contribution in [2.75, 3.05) is 11.1 Å². The van der Waals surface area contributed by atoms with E-state index in [0.717, 1.165) is 22.1 Å². The standard InChI is InChI=1S/C13H20BrN3/c1-8-3-4-11(5-9(8)2)17-13-12(15)6-10(14)7-16-13/h6-9,11H,3-5,15H2,1-2H3,(H,16,17). The maximum absolute atomic E-state index is 5.95. The van der Waals surface area contributed by atoms with E-state index in [1.165, 1.54) is 19.3 Å². The van der Waals surface area contributed by atoms with Crippen LogP contribution in [0, 0.1) is 11.8 Å². The van der Waals surface area contributed by atoms with Crippen molar-refractivity contribution in [3.8, 4) is 0 Å². The first kappa shape index (κ1) is 12.7. The van der Waals surface area contributed by atoms with E-state index in [1.54, 1.807) is 6.20 Å². The fourth-order valence-electron chi connectivity index (χ4n) is 2.45. The Morgan fingerprint density at radius 1 is 1.35 bits per heavy atom. The molecule has 0 saturated heterocycles. The molecule has 0 aromatic carbocycles. The van der Waals surface area contributed by atoms with Gasteiger partial charge in [-0.2, -0.15) is 0 Å². The molecule has 3 nitrogen and oxygen atoms in total. The molecule has 3 unspecified atom stereocenters. The van der Waals surface area contributed by atoms with E-state index in [9.17, 15) is 0 Å². The summed E-state index contributed by atoms with van der Waals surface area (Å²) in [6, 6.07) is 2.40. The summed E-state index contributed by atoms with van der Waals surface area (Å²) in [4.78, 5) is 4.33. The first-order valence-corrected chi connectivity index (χ1v) is 7.03. The Morgan fingerprint density at radius 2 is 2.12 bits per heavy atom. The molecule has 3 atom stereocenters. The molecule has 0 bridgehead atoms. The van der Waals surface area contributed by atoms with Crippen LogP contribution in [0.25, 0.3) is 0 Å². The van der Waals surface area contributed by atoms with Crippen molar-refractivity contribution in [2.24, 2.45) is 11.8 Å². The fraction of sp³-hybridized carbons (Fsp3) is 0.615. The fourth-order valence-corrected chi connectivity index (χ4v) is 2.80. The van der Waals surface area contributed by atoms with Gasteiger partial charge in [0.1, 0.15) is 5.82 Å². The van der Waals surface area contributed by atoms with Crippen LogP contribution in [0.1, 0.15) is 33.1 Å². The lowest BCUT2D eigenvalue weighted by Crippen LogP contribution is -2.30. The van der Waals surface area contributed by atoms with Crippen molar-refractivity contribution < 1.29 is 0 Å². The third kappa shape index (κ3) is 3.12. The number of aromatic nitrogens is 1. The van der Waals surface area contributed by atoms with E-state index in [0.29, 0.717) is 11.7 Å². The minimum Gasteiger partial charge on any atom is -0.396 e. The lowest BCUT2D eigenvalue weighted by Gasteiger charge is -2.33. The second kappa shape index (κ2) is 5.25. The summed E-state index contributed by atoms with van der Waals surface area (Å²) in [5.41, 5.74) is 6.66. The van der Waals surface area contributed by atoms with Crippen molar-refractivity contribution in [3.63, 3.8) is 0 Å². The topological polar surface area (TPSA) is 50.9 Å². The predicted octanol–water partition coefficient (Wildman–Crippen LogP) is 3.66. The van der Waals surface area contributed by atoms with Crippen LogP contribution in [0.15, 0.2) is 16.7 Å².